The van der Waals surface area contributed by atoms with Crippen molar-refractivity contribution in [3.8, 4) is 0 Å². The van der Waals surface area contributed by atoms with Gasteiger partial charge in [-0.15, -0.1) is 0 Å². The lowest BCUT2D eigenvalue weighted by Gasteiger charge is -2.27. The number of hydrogen-bond donors (Lipinski definition) is 2. The normalized spacial score (nSPS) is 15.1. The standard InChI is InChI=1S/C10H22N2O2/c1-9(2,3)7(11)8(13)12-14-10(4,5)6/h7H,11H2,1-6H3,(H,12,13)/t7-/m1/s1. The van der Waals surface area contributed by atoms with Crippen LogP contribution in [-0.2, 0) is 9.63 Å². The van der Waals surface area contributed by atoms with E-state index < -0.39 is 11.6 Å². The average Bonchev–Trinajstić information content (AvgIpc) is 1.95. The molecule has 0 aliphatic carbocycles. The molecule has 4 heteroatoms. The minimum absolute atomic E-state index is 0.259. The molecule has 3 N–H and O–H groups in total. The van der Waals surface area contributed by atoms with Crippen LogP contribution in [-0.4, -0.2) is 17.6 Å². The van der Waals surface area contributed by atoms with Gasteiger partial charge in [-0.2, -0.15) is 0 Å². The summed E-state index contributed by atoms with van der Waals surface area (Å²) in [5.74, 6) is -0.285. The van der Waals surface area contributed by atoms with Gasteiger partial charge >= 0.3 is 0 Å². The van der Waals surface area contributed by atoms with E-state index >= 15 is 0 Å². The monoisotopic (exact) mass is 202 g/mol. The van der Waals surface area contributed by atoms with E-state index in [2.05, 4.69) is 5.48 Å². The molecule has 14 heavy (non-hydrogen) atoms. The Bertz CT molecular complexity index is 201. The minimum atomic E-state index is -0.565. The van der Waals surface area contributed by atoms with Crippen molar-refractivity contribution >= 4 is 5.91 Å². The van der Waals surface area contributed by atoms with E-state index in [1.54, 1.807) is 0 Å². The van der Waals surface area contributed by atoms with Gasteiger partial charge in [0, 0.05) is 0 Å². The lowest BCUT2D eigenvalue weighted by molar-refractivity contribution is -0.149. The topological polar surface area (TPSA) is 64.3 Å². The smallest absolute Gasteiger partial charge is 0.260 e. The van der Waals surface area contributed by atoms with Crippen molar-refractivity contribution in [3.63, 3.8) is 0 Å². The third kappa shape index (κ3) is 5.19. The fourth-order valence-electron chi connectivity index (χ4n) is 0.660. The van der Waals surface area contributed by atoms with Crippen LogP contribution in [0.2, 0.25) is 0 Å². The highest BCUT2D eigenvalue weighted by Gasteiger charge is 2.28. The summed E-state index contributed by atoms with van der Waals surface area (Å²) in [4.78, 5) is 16.6. The molecule has 0 aliphatic rings. The molecule has 0 bridgehead atoms. The number of nitrogens with two attached hydrogens (primary N) is 1. The largest absolute Gasteiger partial charge is 0.319 e. The Morgan fingerprint density at radius 1 is 1.21 bits per heavy atom. The van der Waals surface area contributed by atoms with Crippen LogP contribution < -0.4 is 11.2 Å². The third-order valence-electron chi connectivity index (χ3n) is 1.67. The van der Waals surface area contributed by atoms with Gasteiger partial charge in [0.1, 0.15) is 0 Å². The average molecular weight is 202 g/mol. The molecule has 0 aromatic rings. The van der Waals surface area contributed by atoms with Crippen LogP contribution in [0.3, 0.4) is 0 Å². The molecule has 0 saturated carbocycles. The van der Waals surface area contributed by atoms with Gasteiger partial charge in [-0.3, -0.25) is 9.63 Å². The Morgan fingerprint density at radius 3 is 1.93 bits per heavy atom. The van der Waals surface area contributed by atoms with Gasteiger partial charge in [-0.25, -0.2) is 5.48 Å². The van der Waals surface area contributed by atoms with Gasteiger partial charge < -0.3 is 5.73 Å². The number of amides is 1. The van der Waals surface area contributed by atoms with E-state index in [4.69, 9.17) is 10.6 Å². The highest BCUT2D eigenvalue weighted by molar-refractivity contribution is 5.81. The molecule has 1 atom stereocenters. The van der Waals surface area contributed by atoms with Gasteiger partial charge in [0.05, 0.1) is 11.6 Å². The molecule has 0 aromatic carbocycles. The first-order valence-electron chi connectivity index (χ1n) is 4.77. The van der Waals surface area contributed by atoms with Crippen molar-refractivity contribution in [2.24, 2.45) is 11.1 Å². The van der Waals surface area contributed by atoms with Crippen LogP contribution in [0.15, 0.2) is 0 Å². The molecular formula is C10H22N2O2. The van der Waals surface area contributed by atoms with Crippen LogP contribution >= 0.6 is 0 Å². The summed E-state index contributed by atoms with van der Waals surface area (Å²) in [7, 11) is 0. The molecule has 0 unspecified atom stereocenters. The summed E-state index contributed by atoms with van der Waals surface area (Å²) in [5.41, 5.74) is 7.44. The minimum Gasteiger partial charge on any atom is -0.319 e. The lowest BCUT2D eigenvalue weighted by atomic mass is 9.87. The summed E-state index contributed by atoms with van der Waals surface area (Å²) in [6.45, 7) is 11.3. The molecule has 0 heterocycles. The van der Waals surface area contributed by atoms with Gasteiger partial charge in [-0.1, -0.05) is 20.8 Å². The second kappa shape index (κ2) is 4.28. The molecule has 0 aromatic heterocycles. The molecule has 0 radical (unpaired) electrons. The van der Waals surface area contributed by atoms with Crippen molar-refractivity contribution in [2.45, 2.75) is 53.2 Å². The van der Waals surface area contributed by atoms with Crippen LogP contribution in [0.25, 0.3) is 0 Å². The maximum absolute atomic E-state index is 11.5. The molecule has 0 spiro atoms. The maximum atomic E-state index is 11.5. The molecule has 1 amide bonds. The molecule has 0 fully saturated rings. The number of rotatable bonds is 2. The highest BCUT2D eigenvalue weighted by atomic mass is 16.7. The first-order chi connectivity index (χ1) is 6.04. The van der Waals surface area contributed by atoms with Crippen LogP contribution in [0.1, 0.15) is 41.5 Å². The molecular weight excluding hydrogens is 180 g/mol. The van der Waals surface area contributed by atoms with Gasteiger partial charge in [-0.05, 0) is 26.2 Å². The second-order valence-electron chi connectivity index (χ2n) is 5.52. The summed E-state index contributed by atoms with van der Waals surface area (Å²) in [6.07, 6.45) is 0. The summed E-state index contributed by atoms with van der Waals surface area (Å²) in [6, 6.07) is -0.565. The summed E-state index contributed by atoms with van der Waals surface area (Å²) >= 11 is 0. The lowest BCUT2D eigenvalue weighted by Crippen LogP contribution is -2.50. The van der Waals surface area contributed by atoms with Crippen molar-refractivity contribution in [2.75, 3.05) is 0 Å². The Kier molecular flexibility index (Phi) is 4.09. The number of carbonyl (C=O) groups is 1. The second-order valence-corrected chi connectivity index (χ2v) is 5.52. The van der Waals surface area contributed by atoms with Crippen molar-refractivity contribution in [3.05, 3.63) is 0 Å². The van der Waals surface area contributed by atoms with E-state index in [9.17, 15) is 4.79 Å². The summed E-state index contributed by atoms with van der Waals surface area (Å²) < 4.78 is 0. The zero-order valence-corrected chi connectivity index (χ0v) is 9.97. The van der Waals surface area contributed by atoms with Gasteiger partial charge in [0.25, 0.3) is 5.91 Å². The van der Waals surface area contributed by atoms with Crippen molar-refractivity contribution in [1.82, 2.24) is 5.48 Å². The van der Waals surface area contributed by atoms with E-state index in [1.165, 1.54) is 0 Å². The third-order valence-corrected chi connectivity index (χ3v) is 1.67. The first-order valence-corrected chi connectivity index (χ1v) is 4.77. The molecule has 0 aliphatic heterocycles. The first kappa shape index (κ1) is 13.4. The molecule has 0 saturated heterocycles. The van der Waals surface area contributed by atoms with Gasteiger partial charge in [0.15, 0.2) is 0 Å². The van der Waals surface area contributed by atoms with E-state index in [-0.39, 0.29) is 11.3 Å². The Balaban J connectivity index is 4.11. The zero-order valence-electron chi connectivity index (χ0n) is 9.97. The fraction of sp³-hybridized carbons (Fsp3) is 0.900. The molecule has 84 valence electrons. The Hall–Kier alpha value is -0.610. The highest BCUT2D eigenvalue weighted by Crippen LogP contribution is 2.17. The van der Waals surface area contributed by atoms with Crippen molar-refractivity contribution in [1.29, 1.82) is 0 Å². The number of hydrogen-bond acceptors (Lipinski definition) is 3. The van der Waals surface area contributed by atoms with Crippen LogP contribution in [0.5, 0.6) is 0 Å². The predicted octanol–water partition coefficient (Wildman–Crippen LogP) is 1.21. The number of nitrogens with one attached hydrogen (secondary N) is 1. The molecule has 0 rings (SSSR count). The quantitative estimate of drug-likeness (QED) is 0.661. The maximum Gasteiger partial charge on any atom is 0.260 e. The fourth-order valence-corrected chi connectivity index (χ4v) is 0.660. The SMILES string of the molecule is CC(C)(C)ONC(=O)[C@@H](N)C(C)(C)C. The van der Waals surface area contributed by atoms with Gasteiger partial charge in [0.2, 0.25) is 0 Å². The van der Waals surface area contributed by atoms with Crippen molar-refractivity contribution < 1.29 is 9.63 Å². The number of carbonyl (C=O) groups excluding carboxylic acids is 1. The van der Waals surface area contributed by atoms with E-state index in [0.29, 0.717) is 0 Å². The zero-order chi connectivity index (χ0) is 11.6. The van der Waals surface area contributed by atoms with E-state index in [1.807, 2.05) is 41.5 Å². The number of hydroxylamine groups is 1. The van der Waals surface area contributed by atoms with E-state index in [0.717, 1.165) is 0 Å². The predicted molar refractivity (Wildman–Crippen MR) is 56.4 cm³/mol. The Labute approximate surface area is 86.1 Å². The molecule has 4 nitrogen and oxygen atoms in total. The van der Waals surface area contributed by atoms with Crippen LogP contribution in [0, 0.1) is 5.41 Å². The van der Waals surface area contributed by atoms with Crippen LogP contribution in [0.4, 0.5) is 0 Å². The Morgan fingerprint density at radius 2 is 1.64 bits per heavy atom. The summed E-state index contributed by atoms with van der Waals surface area (Å²) in [5, 5.41) is 0.